The van der Waals surface area contributed by atoms with Crippen molar-refractivity contribution in [2.24, 2.45) is 11.8 Å². The molecule has 0 spiro atoms. The number of alkyl halides is 1. The van der Waals surface area contributed by atoms with Gasteiger partial charge in [0, 0.05) is 4.83 Å². The number of hydrogen-bond acceptors (Lipinski definition) is 0. The fraction of sp³-hybridized carbons (Fsp3) is 0.538. The molecule has 2 saturated carbocycles. The van der Waals surface area contributed by atoms with Crippen LogP contribution in [0.15, 0.2) is 30.3 Å². The van der Waals surface area contributed by atoms with E-state index in [-0.39, 0.29) is 0 Å². The zero-order valence-electron chi connectivity index (χ0n) is 9.45. The van der Waals surface area contributed by atoms with Crippen LogP contribution in [0.2, 0.25) is 5.54 Å². The topological polar surface area (TPSA) is 0 Å². The van der Waals surface area contributed by atoms with Crippen LogP contribution < -0.4 is 5.19 Å². The van der Waals surface area contributed by atoms with Gasteiger partial charge in [-0.3, -0.25) is 0 Å². The lowest BCUT2D eigenvalue weighted by Crippen LogP contribution is -2.44. The normalized spacial score (nSPS) is 36.4. The van der Waals surface area contributed by atoms with Crippen molar-refractivity contribution in [3.05, 3.63) is 30.3 Å². The summed E-state index contributed by atoms with van der Waals surface area (Å²) in [6.45, 7) is -2.31. The number of hydrogen-bond donors (Lipinski definition) is 0. The van der Waals surface area contributed by atoms with Gasteiger partial charge in [-0.1, -0.05) is 46.3 Å². The van der Waals surface area contributed by atoms with Crippen LogP contribution in [0.4, 0.5) is 0 Å². The first-order chi connectivity index (χ1) is 8.09. The smallest absolute Gasteiger partial charge is 0.139 e. The van der Waals surface area contributed by atoms with E-state index in [0.717, 1.165) is 11.8 Å². The number of halogens is 3. The SMILES string of the molecule is Cl[Si](Cl)(c1ccccc1)[C@H]1C[C@@H]2C[C@H]1C[C@H]2Br. The van der Waals surface area contributed by atoms with Crippen LogP contribution in [-0.4, -0.2) is 11.5 Å². The summed E-state index contributed by atoms with van der Waals surface area (Å²) in [5.41, 5.74) is 0.548. The Morgan fingerprint density at radius 1 is 1.00 bits per heavy atom. The molecule has 92 valence electrons. The van der Waals surface area contributed by atoms with Crippen LogP contribution in [0.25, 0.3) is 0 Å². The van der Waals surface area contributed by atoms with Crippen LogP contribution in [0.1, 0.15) is 19.3 Å². The van der Waals surface area contributed by atoms with Crippen LogP contribution in [0.5, 0.6) is 0 Å². The first-order valence-electron chi connectivity index (χ1n) is 6.16. The van der Waals surface area contributed by atoms with Crippen LogP contribution in [0.3, 0.4) is 0 Å². The Kier molecular flexibility index (Phi) is 3.36. The predicted molar refractivity (Wildman–Crippen MR) is 80.8 cm³/mol. The molecule has 2 fully saturated rings. The summed E-state index contributed by atoms with van der Waals surface area (Å²) in [6.07, 6.45) is 3.80. The van der Waals surface area contributed by atoms with Crippen molar-refractivity contribution in [1.29, 1.82) is 0 Å². The van der Waals surface area contributed by atoms with Crippen LogP contribution in [-0.2, 0) is 0 Å². The molecule has 0 unspecified atom stereocenters. The molecule has 2 aliphatic rings. The molecule has 0 amide bonds. The Labute approximate surface area is 121 Å². The molecule has 2 aliphatic carbocycles. The van der Waals surface area contributed by atoms with Gasteiger partial charge in [-0.05, 0) is 41.8 Å². The molecule has 17 heavy (non-hydrogen) atoms. The van der Waals surface area contributed by atoms with Crippen molar-refractivity contribution in [1.82, 2.24) is 0 Å². The Morgan fingerprint density at radius 3 is 2.24 bits per heavy atom. The summed E-state index contributed by atoms with van der Waals surface area (Å²) in [5.74, 6) is 1.55. The van der Waals surface area contributed by atoms with E-state index in [4.69, 9.17) is 22.2 Å². The highest BCUT2D eigenvalue weighted by atomic mass is 79.9. The molecule has 0 nitrogen and oxygen atoms in total. The van der Waals surface area contributed by atoms with Gasteiger partial charge in [0.05, 0.1) is 0 Å². The van der Waals surface area contributed by atoms with Crippen molar-refractivity contribution >= 4 is 50.0 Å². The Bertz CT molecular complexity index is 407. The van der Waals surface area contributed by atoms with E-state index in [9.17, 15) is 0 Å². The predicted octanol–water partition coefficient (Wildman–Crippen LogP) is 4.38. The molecule has 1 aromatic carbocycles. The van der Waals surface area contributed by atoms with Gasteiger partial charge in [0.1, 0.15) is 0 Å². The second kappa shape index (κ2) is 4.55. The molecule has 0 heterocycles. The highest BCUT2D eigenvalue weighted by molar-refractivity contribution is 9.09. The second-order valence-electron chi connectivity index (χ2n) is 5.34. The maximum Gasteiger partial charge on any atom is 0.284 e. The molecule has 0 radical (unpaired) electrons. The van der Waals surface area contributed by atoms with Crippen molar-refractivity contribution in [2.45, 2.75) is 29.6 Å². The summed E-state index contributed by atoms with van der Waals surface area (Å²) in [7, 11) is 0. The van der Waals surface area contributed by atoms with Gasteiger partial charge in [0.2, 0.25) is 0 Å². The molecule has 0 aliphatic heterocycles. The second-order valence-corrected chi connectivity index (χ2v) is 13.2. The summed E-state index contributed by atoms with van der Waals surface area (Å²) in [5, 5.41) is 1.19. The third kappa shape index (κ3) is 2.11. The molecule has 0 saturated heterocycles. The van der Waals surface area contributed by atoms with E-state index in [0.29, 0.717) is 10.4 Å². The van der Waals surface area contributed by atoms with E-state index >= 15 is 0 Å². The first-order valence-corrected chi connectivity index (χ1v) is 11.2. The minimum Gasteiger partial charge on any atom is -0.139 e. The van der Waals surface area contributed by atoms with Gasteiger partial charge in [0.25, 0.3) is 6.69 Å². The zero-order valence-corrected chi connectivity index (χ0v) is 13.5. The van der Waals surface area contributed by atoms with Gasteiger partial charge >= 0.3 is 0 Å². The minimum atomic E-state index is -2.31. The summed E-state index contributed by atoms with van der Waals surface area (Å²) >= 11 is 17.4. The monoisotopic (exact) mass is 348 g/mol. The molecular formula is C13H15BrCl2Si. The lowest BCUT2D eigenvalue weighted by Gasteiger charge is -2.32. The van der Waals surface area contributed by atoms with Crippen LogP contribution >= 0.6 is 38.1 Å². The minimum absolute atomic E-state index is 0.548. The van der Waals surface area contributed by atoms with Gasteiger partial charge in [-0.15, -0.1) is 22.2 Å². The molecule has 0 N–H and O–H groups in total. The van der Waals surface area contributed by atoms with Crippen molar-refractivity contribution < 1.29 is 0 Å². The maximum atomic E-state index is 6.80. The van der Waals surface area contributed by atoms with Crippen molar-refractivity contribution in [3.8, 4) is 0 Å². The first kappa shape index (κ1) is 12.5. The Hall–Kier alpha value is 0.497. The quantitative estimate of drug-likeness (QED) is 0.422. The molecule has 4 atom stereocenters. The highest BCUT2D eigenvalue weighted by Crippen LogP contribution is 2.58. The molecule has 4 heteroatoms. The Morgan fingerprint density at radius 2 is 1.71 bits per heavy atom. The van der Waals surface area contributed by atoms with Gasteiger partial charge in [-0.2, -0.15) is 0 Å². The van der Waals surface area contributed by atoms with E-state index in [1.807, 2.05) is 18.2 Å². The third-order valence-electron chi connectivity index (χ3n) is 4.40. The van der Waals surface area contributed by atoms with Gasteiger partial charge in [0.15, 0.2) is 0 Å². The van der Waals surface area contributed by atoms with E-state index in [1.54, 1.807) is 0 Å². The van der Waals surface area contributed by atoms with Gasteiger partial charge in [-0.25, -0.2) is 0 Å². The van der Waals surface area contributed by atoms with E-state index in [2.05, 4.69) is 28.1 Å². The fourth-order valence-corrected chi connectivity index (χ4v) is 9.32. The summed E-state index contributed by atoms with van der Waals surface area (Å²) < 4.78 is 0. The van der Waals surface area contributed by atoms with Crippen LogP contribution in [0, 0.1) is 11.8 Å². The fourth-order valence-electron chi connectivity index (χ4n) is 3.52. The molecule has 1 aromatic rings. The Balaban J connectivity index is 1.86. The average Bonchev–Trinajstić information content (AvgIpc) is 2.89. The molecule has 0 aromatic heterocycles. The van der Waals surface area contributed by atoms with E-state index < -0.39 is 6.69 Å². The number of fused-ring (bicyclic) bond motifs is 2. The zero-order chi connectivity index (χ0) is 12.0. The lowest BCUT2D eigenvalue weighted by atomic mass is 10.00. The van der Waals surface area contributed by atoms with Crippen molar-refractivity contribution in [2.75, 3.05) is 0 Å². The molecule has 2 bridgehead atoms. The summed E-state index contributed by atoms with van der Waals surface area (Å²) in [6, 6.07) is 10.3. The molecule has 3 rings (SSSR count). The van der Waals surface area contributed by atoms with Crippen molar-refractivity contribution in [3.63, 3.8) is 0 Å². The largest absolute Gasteiger partial charge is 0.284 e. The summed E-state index contributed by atoms with van der Waals surface area (Å²) in [4.78, 5) is 0.706. The van der Waals surface area contributed by atoms with Gasteiger partial charge < -0.3 is 0 Å². The number of rotatable bonds is 2. The highest BCUT2D eigenvalue weighted by Gasteiger charge is 2.54. The molecular weight excluding hydrogens is 335 g/mol. The van der Waals surface area contributed by atoms with E-state index in [1.165, 1.54) is 24.4 Å². The average molecular weight is 350 g/mol. The third-order valence-corrected chi connectivity index (χ3v) is 11.2. The number of benzene rings is 1. The maximum absolute atomic E-state index is 6.80. The standard InChI is InChI=1S/C13H15BrCl2Si/c14-12-7-10-6-9(12)8-13(10)17(15,16)11-4-2-1-3-5-11/h1-5,9-10,12-13H,6-8H2/t9-,10-,12+,13-/m0/s1. The lowest BCUT2D eigenvalue weighted by molar-refractivity contribution is 0.492.